The van der Waals surface area contributed by atoms with Crippen LogP contribution in [0.15, 0.2) is 30.3 Å². The molecule has 0 radical (unpaired) electrons. The van der Waals surface area contributed by atoms with E-state index in [1.54, 1.807) is 12.0 Å². The van der Waals surface area contributed by atoms with Crippen molar-refractivity contribution in [3.63, 3.8) is 0 Å². The second-order valence-electron chi connectivity index (χ2n) is 7.38. The largest absolute Gasteiger partial charge is 0.496 e. The van der Waals surface area contributed by atoms with Crippen LogP contribution in [-0.2, 0) is 6.54 Å². The molecule has 3 heteroatoms. The van der Waals surface area contributed by atoms with Gasteiger partial charge in [-0.25, -0.2) is 0 Å². The van der Waals surface area contributed by atoms with Gasteiger partial charge < -0.3 is 14.5 Å². The average molecular weight is 340 g/mol. The van der Waals surface area contributed by atoms with Gasteiger partial charge in [0, 0.05) is 11.3 Å². The highest BCUT2D eigenvalue weighted by Gasteiger charge is 2.22. The monoisotopic (exact) mass is 339 g/mol. The highest BCUT2D eigenvalue weighted by Crippen LogP contribution is 2.23. The fourth-order valence-electron chi connectivity index (χ4n) is 3.85. The Morgan fingerprint density at radius 3 is 2.36 bits per heavy atom. The van der Waals surface area contributed by atoms with Crippen LogP contribution in [0.4, 0.5) is 5.69 Å². The number of rotatable bonds is 4. The minimum absolute atomic E-state index is 0.996. The Morgan fingerprint density at radius 2 is 1.68 bits per heavy atom. The summed E-state index contributed by atoms with van der Waals surface area (Å²) < 4.78 is 5.44. The van der Waals surface area contributed by atoms with Crippen LogP contribution in [0.25, 0.3) is 0 Å². The molecule has 0 bridgehead atoms. The van der Waals surface area contributed by atoms with E-state index in [9.17, 15) is 0 Å². The number of benzene rings is 2. The molecule has 3 rings (SSSR count). The van der Waals surface area contributed by atoms with Crippen LogP contribution >= 0.6 is 0 Å². The molecule has 1 aliphatic rings. The van der Waals surface area contributed by atoms with E-state index in [1.807, 2.05) is 0 Å². The van der Waals surface area contributed by atoms with E-state index in [4.69, 9.17) is 4.74 Å². The molecule has 1 aliphatic heterocycles. The third-order valence-electron chi connectivity index (χ3n) is 5.68. The number of hydrogen-bond donors (Lipinski definition) is 1. The Hall–Kier alpha value is -2.00. The molecule has 0 spiro atoms. The first-order valence-corrected chi connectivity index (χ1v) is 9.28. The lowest BCUT2D eigenvalue weighted by Crippen LogP contribution is -3.13. The number of ether oxygens (including phenoxy) is 1. The molecule has 0 atom stereocenters. The predicted octanol–water partition coefficient (Wildman–Crippen LogP) is 2.83. The maximum absolute atomic E-state index is 5.44. The quantitative estimate of drug-likeness (QED) is 0.922. The van der Waals surface area contributed by atoms with Crippen LogP contribution in [0.3, 0.4) is 0 Å². The summed E-state index contributed by atoms with van der Waals surface area (Å²) in [6.45, 7) is 14.5. The van der Waals surface area contributed by atoms with E-state index >= 15 is 0 Å². The van der Waals surface area contributed by atoms with Crippen molar-refractivity contribution >= 4 is 5.69 Å². The van der Waals surface area contributed by atoms with Gasteiger partial charge in [-0.2, -0.15) is 0 Å². The third-order valence-corrected chi connectivity index (χ3v) is 5.68. The van der Waals surface area contributed by atoms with Crippen LogP contribution in [-0.4, -0.2) is 33.3 Å². The summed E-state index contributed by atoms with van der Waals surface area (Å²) in [5.74, 6) is 0.996. The lowest BCUT2D eigenvalue weighted by atomic mass is 10.0. The van der Waals surface area contributed by atoms with E-state index in [0.29, 0.717) is 0 Å². The van der Waals surface area contributed by atoms with Crippen LogP contribution < -0.4 is 14.5 Å². The first kappa shape index (κ1) is 17.8. The molecule has 0 aliphatic carbocycles. The van der Waals surface area contributed by atoms with Gasteiger partial charge >= 0.3 is 0 Å². The highest BCUT2D eigenvalue weighted by molar-refractivity contribution is 5.56. The van der Waals surface area contributed by atoms with Gasteiger partial charge in [-0.3, -0.25) is 0 Å². The van der Waals surface area contributed by atoms with Gasteiger partial charge in [0.2, 0.25) is 0 Å². The van der Waals surface area contributed by atoms with Crippen molar-refractivity contribution in [3.8, 4) is 5.75 Å². The van der Waals surface area contributed by atoms with Crippen LogP contribution in [0.2, 0.25) is 0 Å². The molecule has 1 fully saturated rings. The molecule has 1 saturated heterocycles. The smallest absolute Gasteiger partial charge is 0.122 e. The summed E-state index contributed by atoms with van der Waals surface area (Å²) in [5.41, 5.74) is 8.25. The fourth-order valence-corrected chi connectivity index (χ4v) is 3.85. The van der Waals surface area contributed by atoms with Gasteiger partial charge in [-0.1, -0.05) is 12.1 Å². The molecule has 2 aromatic carbocycles. The van der Waals surface area contributed by atoms with Gasteiger partial charge in [-0.15, -0.1) is 0 Å². The molecule has 0 aromatic heterocycles. The molecule has 25 heavy (non-hydrogen) atoms. The zero-order chi connectivity index (χ0) is 18.0. The number of methoxy groups -OCH3 is 1. The van der Waals surface area contributed by atoms with Crippen molar-refractivity contribution in [2.75, 3.05) is 38.2 Å². The van der Waals surface area contributed by atoms with E-state index in [2.05, 4.69) is 62.9 Å². The van der Waals surface area contributed by atoms with Crippen molar-refractivity contribution in [2.24, 2.45) is 0 Å². The summed E-state index contributed by atoms with van der Waals surface area (Å²) in [6.07, 6.45) is 0. The van der Waals surface area contributed by atoms with Crippen LogP contribution in [0.1, 0.15) is 27.8 Å². The van der Waals surface area contributed by atoms with Crippen molar-refractivity contribution in [3.05, 3.63) is 58.1 Å². The SMILES string of the molecule is COc1cc(C)c(C[NH+]2CCN(c3cccc(C)c3C)CC2)cc1C. The third kappa shape index (κ3) is 3.82. The molecule has 0 amide bonds. The van der Waals surface area contributed by atoms with Crippen molar-refractivity contribution in [1.82, 2.24) is 0 Å². The van der Waals surface area contributed by atoms with E-state index in [-0.39, 0.29) is 0 Å². The molecule has 0 saturated carbocycles. The summed E-state index contributed by atoms with van der Waals surface area (Å²) in [6, 6.07) is 11.1. The van der Waals surface area contributed by atoms with Gasteiger partial charge in [0.05, 0.1) is 33.3 Å². The summed E-state index contributed by atoms with van der Waals surface area (Å²) >= 11 is 0. The van der Waals surface area contributed by atoms with Gasteiger partial charge in [0.1, 0.15) is 12.3 Å². The number of anilines is 1. The second-order valence-corrected chi connectivity index (χ2v) is 7.38. The van der Waals surface area contributed by atoms with E-state index < -0.39 is 0 Å². The maximum atomic E-state index is 5.44. The highest BCUT2D eigenvalue weighted by atomic mass is 16.5. The minimum Gasteiger partial charge on any atom is -0.496 e. The molecule has 1 heterocycles. The Balaban J connectivity index is 1.65. The average Bonchev–Trinajstić information content (AvgIpc) is 2.61. The zero-order valence-electron chi connectivity index (χ0n) is 16.3. The molecular weight excluding hydrogens is 308 g/mol. The summed E-state index contributed by atoms with van der Waals surface area (Å²) in [4.78, 5) is 4.23. The van der Waals surface area contributed by atoms with E-state index in [0.717, 1.165) is 25.4 Å². The topological polar surface area (TPSA) is 16.9 Å². The Kier molecular flexibility index (Phi) is 5.33. The van der Waals surface area contributed by atoms with Gasteiger partial charge in [0.25, 0.3) is 0 Å². The van der Waals surface area contributed by atoms with E-state index in [1.165, 1.54) is 46.6 Å². The van der Waals surface area contributed by atoms with Crippen molar-refractivity contribution in [1.29, 1.82) is 0 Å². The molecule has 3 nitrogen and oxygen atoms in total. The zero-order valence-corrected chi connectivity index (χ0v) is 16.3. The number of piperazine rings is 1. The Labute approximate surface area is 152 Å². The molecule has 134 valence electrons. The number of nitrogens with zero attached hydrogens (tertiary/aromatic N) is 1. The summed E-state index contributed by atoms with van der Waals surface area (Å²) in [5, 5.41) is 0. The number of aryl methyl sites for hydroxylation is 3. The summed E-state index contributed by atoms with van der Waals surface area (Å²) in [7, 11) is 1.75. The molecule has 0 unspecified atom stereocenters. The first-order valence-electron chi connectivity index (χ1n) is 9.28. The predicted molar refractivity (Wildman–Crippen MR) is 105 cm³/mol. The fraction of sp³-hybridized carbons (Fsp3) is 0.455. The molecule has 2 aromatic rings. The minimum atomic E-state index is 0.996. The van der Waals surface area contributed by atoms with Crippen LogP contribution in [0.5, 0.6) is 5.75 Å². The standard InChI is InChI=1S/C22H30N2O/c1-16-7-6-8-21(19(16)4)24-11-9-23(10-12-24)15-20-13-18(3)22(25-5)14-17(20)2/h6-8,13-14H,9-12,15H2,1-5H3/p+1. The Morgan fingerprint density at radius 1 is 0.960 bits per heavy atom. The van der Waals surface area contributed by atoms with Crippen molar-refractivity contribution in [2.45, 2.75) is 34.2 Å². The lowest BCUT2D eigenvalue weighted by Gasteiger charge is -2.35. The number of nitrogens with one attached hydrogen (secondary N) is 1. The molecule has 1 N–H and O–H groups in total. The second kappa shape index (κ2) is 7.49. The van der Waals surface area contributed by atoms with Crippen LogP contribution in [0, 0.1) is 27.7 Å². The normalized spacial score (nSPS) is 15.5. The number of hydrogen-bond acceptors (Lipinski definition) is 2. The molecular formula is C22H31N2O+. The maximum Gasteiger partial charge on any atom is 0.122 e. The lowest BCUT2D eigenvalue weighted by molar-refractivity contribution is -0.914. The van der Waals surface area contributed by atoms with Gasteiger partial charge in [-0.05, 0) is 68.1 Å². The first-order chi connectivity index (χ1) is 12.0. The number of quaternary nitrogens is 1. The van der Waals surface area contributed by atoms with Gasteiger partial charge in [0.15, 0.2) is 0 Å². The van der Waals surface area contributed by atoms with Crippen molar-refractivity contribution < 1.29 is 9.64 Å². The Bertz CT molecular complexity index is 746.